The van der Waals surface area contributed by atoms with Crippen LogP contribution in [0.1, 0.15) is 38.3 Å². The smallest absolute Gasteiger partial charge is 0.408 e. The molecule has 0 unspecified atom stereocenters. The van der Waals surface area contributed by atoms with Crippen molar-refractivity contribution in [3.63, 3.8) is 0 Å². The molecule has 0 aliphatic heterocycles. The molecule has 13 nitrogen and oxygen atoms in total. The van der Waals surface area contributed by atoms with Crippen molar-refractivity contribution < 1.29 is 38.4 Å². The zero-order valence-corrected chi connectivity index (χ0v) is 19.8. The lowest BCUT2D eigenvalue weighted by Gasteiger charge is -2.22. The summed E-state index contributed by atoms with van der Waals surface area (Å²) in [6.07, 6.45) is -1.59. The normalized spacial score (nSPS) is 11.6. The Morgan fingerprint density at radius 3 is 1.97 bits per heavy atom. The predicted molar refractivity (Wildman–Crippen MR) is 124 cm³/mol. The Hall–Kier alpha value is -4.55. The molecule has 1 N–H and O–H groups in total. The number of nitro groups is 2. The molecule has 2 aromatic carbocycles. The van der Waals surface area contributed by atoms with E-state index in [1.54, 1.807) is 51.1 Å². The lowest BCUT2D eigenvalue weighted by Crippen LogP contribution is -2.45. The second-order valence-electron chi connectivity index (χ2n) is 8.53. The number of nitrogens with one attached hydrogen (secondary N) is 1. The van der Waals surface area contributed by atoms with Gasteiger partial charge in [-0.05, 0) is 26.3 Å². The fraction of sp³-hybridized carbons (Fsp3) is 0.348. The van der Waals surface area contributed by atoms with Crippen LogP contribution in [0.15, 0.2) is 48.5 Å². The number of carbonyl (C=O) groups excluding carboxylic acids is 3. The van der Waals surface area contributed by atoms with Crippen molar-refractivity contribution in [2.45, 2.75) is 52.0 Å². The van der Waals surface area contributed by atoms with E-state index >= 15 is 0 Å². The Balaban J connectivity index is 2.12. The number of ether oxygens (including phenoxy) is 3. The fourth-order valence-corrected chi connectivity index (χ4v) is 2.81. The quantitative estimate of drug-likeness (QED) is 0.218. The van der Waals surface area contributed by atoms with Crippen LogP contribution >= 0.6 is 0 Å². The second kappa shape index (κ2) is 12.2. The number of rotatable bonds is 10. The third kappa shape index (κ3) is 9.37. The highest BCUT2D eigenvalue weighted by Gasteiger charge is 2.29. The number of carbonyl (C=O) groups is 3. The van der Waals surface area contributed by atoms with Crippen molar-refractivity contribution in [2.75, 3.05) is 0 Å². The number of esters is 2. The van der Waals surface area contributed by atoms with Crippen LogP contribution in [0.5, 0.6) is 0 Å². The zero-order chi connectivity index (χ0) is 26.9. The Labute approximate surface area is 205 Å². The van der Waals surface area contributed by atoms with E-state index in [-0.39, 0.29) is 12.2 Å². The van der Waals surface area contributed by atoms with Gasteiger partial charge in [0.05, 0.1) is 22.3 Å². The molecule has 0 saturated carbocycles. The van der Waals surface area contributed by atoms with E-state index in [2.05, 4.69) is 5.32 Å². The molecule has 2 aromatic rings. The maximum absolute atomic E-state index is 12.7. The summed E-state index contributed by atoms with van der Waals surface area (Å²) >= 11 is 0. The summed E-state index contributed by atoms with van der Waals surface area (Å²) in [5.41, 5.74) is -1.36. The lowest BCUT2D eigenvalue weighted by atomic mass is 10.1. The highest BCUT2D eigenvalue weighted by atomic mass is 16.6. The molecule has 0 bridgehead atoms. The van der Waals surface area contributed by atoms with Crippen LogP contribution in [0, 0.1) is 20.2 Å². The largest absolute Gasteiger partial charge is 0.461 e. The fourth-order valence-electron chi connectivity index (χ4n) is 2.81. The average Bonchev–Trinajstić information content (AvgIpc) is 2.80. The van der Waals surface area contributed by atoms with Gasteiger partial charge in [0.2, 0.25) is 0 Å². The first-order valence-electron chi connectivity index (χ1n) is 10.6. The first-order chi connectivity index (χ1) is 16.8. The first kappa shape index (κ1) is 27.7. The summed E-state index contributed by atoms with van der Waals surface area (Å²) in [6, 6.07) is 10.0. The van der Waals surface area contributed by atoms with Gasteiger partial charge in [-0.15, -0.1) is 0 Å². The molecule has 0 aliphatic carbocycles. The number of amides is 1. The molecule has 1 amide bonds. The molecule has 0 saturated heterocycles. The van der Waals surface area contributed by atoms with Crippen molar-refractivity contribution in [3.05, 3.63) is 79.9 Å². The standard InChI is InChI=1S/C23H25N3O10/c1-23(2,3)36-22(29)24-19(12-20(27)34-13-15-7-5-4-6-8-15)21(28)35-14-16-9-17(25(30)31)11-18(10-16)26(32)33/h4-11,19H,12-14H2,1-3H3,(H,24,29)/t19-/m0/s1. The summed E-state index contributed by atoms with van der Waals surface area (Å²) in [6.45, 7) is 4.15. The predicted octanol–water partition coefficient (Wildman–Crippen LogP) is 3.57. The van der Waals surface area contributed by atoms with E-state index in [9.17, 15) is 34.6 Å². The molecule has 13 heteroatoms. The molecular weight excluding hydrogens is 478 g/mol. The van der Waals surface area contributed by atoms with Gasteiger partial charge >= 0.3 is 18.0 Å². The second-order valence-corrected chi connectivity index (χ2v) is 8.53. The number of hydrogen-bond acceptors (Lipinski definition) is 10. The SMILES string of the molecule is CC(C)(C)OC(=O)N[C@@H](CC(=O)OCc1ccccc1)C(=O)OCc1cc([N+](=O)[O-])cc([N+](=O)[O-])c1. The van der Waals surface area contributed by atoms with Crippen molar-refractivity contribution in [2.24, 2.45) is 0 Å². The number of nitrogens with zero attached hydrogens (tertiary/aromatic N) is 2. The van der Waals surface area contributed by atoms with Gasteiger partial charge < -0.3 is 19.5 Å². The first-order valence-corrected chi connectivity index (χ1v) is 10.6. The number of alkyl carbamates (subject to hydrolysis) is 1. The van der Waals surface area contributed by atoms with Crippen LogP contribution in [-0.4, -0.2) is 39.5 Å². The minimum Gasteiger partial charge on any atom is -0.461 e. The molecule has 0 aliphatic rings. The average molecular weight is 503 g/mol. The zero-order valence-electron chi connectivity index (χ0n) is 19.8. The van der Waals surface area contributed by atoms with Crippen LogP contribution < -0.4 is 5.32 Å². The number of benzene rings is 2. The van der Waals surface area contributed by atoms with Gasteiger partial charge in [-0.3, -0.25) is 25.0 Å². The van der Waals surface area contributed by atoms with Crippen LogP contribution in [0.25, 0.3) is 0 Å². The summed E-state index contributed by atoms with van der Waals surface area (Å²) in [7, 11) is 0. The summed E-state index contributed by atoms with van der Waals surface area (Å²) in [4.78, 5) is 57.7. The Kier molecular flexibility index (Phi) is 9.42. The number of hydrogen-bond donors (Lipinski definition) is 1. The number of nitro benzene ring substituents is 2. The van der Waals surface area contributed by atoms with Crippen LogP contribution in [-0.2, 0) is 37.0 Å². The van der Waals surface area contributed by atoms with Crippen molar-refractivity contribution in [1.82, 2.24) is 5.32 Å². The molecule has 192 valence electrons. The third-order valence-corrected chi connectivity index (χ3v) is 4.35. The molecule has 0 aromatic heterocycles. The van der Waals surface area contributed by atoms with Crippen LogP contribution in [0.2, 0.25) is 0 Å². The lowest BCUT2D eigenvalue weighted by molar-refractivity contribution is -0.394. The van der Waals surface area contributed by atoms with Gasteiger partial charge in [-0.1, -0.05) is 30.3 Å². The topological polar surface area (TPSA) is 177 Å². The van der Waals surface area contributed by atoms with Crippen molar-refractivity contribution >= 4 is 29.4 Å². The maximum atomic E-state index is 12.7. The molecule has 0 spiro atoms. The molecular formula is C23H25N3O10. The van der Waals surface area contributed by atoms with E-state index in [4.69, 9.17) is 14.2 Å². The summed E-state index contributed by atoms with van der Waals surface area (Å²) < 4.78 is 15.4. The van der Waals surface area contributed by atoms with E-state index in [1.807, 2.05) is 0 Å². The molecule has 36 heavy (non-hydrogen) atoms. The van der Waals surface area contributed by atoms with Crippen LogP contribution in [0.3, 0.4) is 0 Å². The minimum atomic E-state index is -1.52. The highest BCUT2D eigenvalue weighted by molar-refractivity contribution is 5.86. The molecule has 0 radical (unpaired) electrons. The van der Waals surface area contributed by atoms with Crippen molar-refractivity contribution in [1.29, 1.82) is 0 Å². The molecule has 2 rings (SSSR count). The van der Waals surface area contributed by atoms with E-state index in [0.29, 0.717) is 5.56 Å². The summed E-state index contributed by atoms with van der Waals surface area (Å²) in [5.74, 6) is -1.89. The van der Waals surface area contributed by atoms with Crippen LogP contribution in [0.4, 0.5) is 16.2 Å². The van der Waals surface area contributed by atoms with Gasteiger partial charge in [0.15, 0.2) is 0 Å². The van der Waals surface area contributed by atoms with Gasteiger partial charge in [0, 0.05) is 17.7 Å². The third-order valence-electron chi connectivity index (χ3n) is 4.35. The van der Waals surface area contributed by atoms with Gasteiger partial charge in [0.1, 0.15) is 24.9 Å². The van der Waals surface area contributed by atoms with Gasteiger partial charge in [0.25, 0.3) is 11.4 Å². The Morgan fingerprint density at radius 2 is 1.44 bits per heavy atom. The van der Waals surface area contributed by atoms with E-state index < -0.39 is 63.9 Å². The Bertz CT molecular complexity index is 1100. The molecule has 1 atom stereocenters. The maximum Gasteiger partial charge on any atom is 0.408 e. The monoisotopic (exact) mass is 503 g/mol. The van der Waals surface area contributed by atoms with E-state index in [1.165, 1.54) is 0 Å². The highest BCUT2D eigenvalue weighted by Crippen LogP contribution is 2.23. The molecule has 0 heterocycles. The van der Waals surface area contributed by atoms with Gasteiger partial charge in [-0.2, -0.15) is 0 Å². The minimum absolute atomic E-state index is 0.0353. The number of non-ortho nitro benzene ring substituents is 2. The van der Waals surface area contributed by atoms with Crippen molar-refractivity contribution in [3.8, 4) is 0 Å². The van der Waals surface area contributed by atoms with E-state index in [0.717, 1.165) is 18.2 Å². The molecule has 0 fully saturated rings. The summed E-state index contributed by atoms with van der Waals surface area (Å²) in [5, 5.41) is 24.4. The van der Waals surface area contributed by atoms with Gasteiger partial charge in [-0.25, -0.2) is 9.59 Å². The Morgan fingerprint density at radius 1 is 0.889 bits per heavy atom.